The van der Waals surface area contributed by atoms with Crippen LogP contribution in [-0.2, 0) is 0 Å². The zero-order valence-corrected chi connectivity index (χ0v) is 13.1. The van der Waals surface area contributed by atoms with E-state index in [-0.39, 0.29) is 11.7 Å². The first kappa shape index (κ1) is 16.8. The van der Waals surface area contributed by atoms with Gasteiger partial charge in [-0.3, -0.25) is 10.1 Å². The summed E-state index contributed by atoms with van der Waals surface area (Å²) in [5.41, 5.74) is 6.21. The molecular weight excluding hydrogens is 300 g/mol. The Morgan fingerprint density at radius 2 is 2.30 bits per heavy atom. The monoisotopic (exact) mass is 320 g/mol. The van der Waals surface area contributed by atoms with Crippen molar-refractivity contribution >= 4 is 5.69 Å². The van der Waals surface area contributed by atoms with Gasteiger partial charge in [0.2, 0.25) is 0 Å². The van der Waals surface area contributed by atoms with E-state index in [1.807, 2.05) is 6.92 Å². The van der Waals surface area contributed by atoms with Crippen LogP contribution in [0, 0.1) is 17.0 Å². The fourth-order valence-electron chi connectivity index (χ4n) is 1.95. The number of aromatic nitrogens is 3. The predicted octanol–water partition coefficient (Wildman–Crippen LogP) is 0.800. The van der Waals surface area contributed by atoms with Crippen molar-refractivity contribution in [3.05, 3.63) is 40.5 Å². The molecule has 0 radical (unpaired) electrons. The molecule has 2 rings (SSSR count). The molecule has 0 saturated carbocycles. The molecule has 0 spiro atoms. The zero-order chi connectivity index (χ0) is 16.8. The molecule has 1 aromatic heterocycles. The van der Waals surface area contributed by atoms with Gasteiger partial charge < -0.3 is 15.8 Å². The molecule has 1 heterocycles. The third kappa shape index (κ3) is 4.73. The lowest BCUT2D eigenvalue weighted by Crippen LogP contribution is -2.33. The first-order valence-corrected chi connectivity index (χ1v) is 7.23. The summed E-state index contributed by atoms with van der Waals surface area (Å²) in [4.78, 5) is 14.5. The van der Waals surface area contributed by atoms with Gasteiger partial charge in [-0.25, -0.2) is 9.67 Å². The van der Waals surface area contributed by atoms with E-state index in [4.69, 9.17) is 10.5 Å². The third-order valence-corrected chi connectivity index (χ3v) is 3.01. The van der Waals surface area contributed by atoms with Gasteiger partial charge in [0.15, 0.2) is 5.75 Å². The second-order valence-electron chi connectivity index (χ2n) is 5.18. The van der Waals surface area contributed by atoms with E-state index in [2.05, 4.69) is 15.4 Å². The lowest BCUT2D eigenvalue weighted by molar-refractivity contribution is -0.384. The van der Waals surface area contributed by atoms with E-state index in [1.54, 1.807) is 13.0 Å². The number of hydrogen-bond acceptors (Lipinski definition) is 7. The van der Waals surface area contributed by atoms with Gasteiger partial charge in [0.25, 0.3) is 5.69 Å². The third-order valence-electron chi connectivity index (χ3n) is 3.01. The molecule has 1 aromatic carbocycles. The summed E-state index contributed by atoms with van der Waals surface area (Å²) >= 11 is 0. The normalized spacial score (nSPS) is 12.1. The molecule has 1 atom stereocenters. The summed E-state index contributed by atoms with van der Waals surface area (Å²) in [6.07, 6.45) is 1.54. The second kappa shape index (κ2) is 7.65. The standard InChI is InChI=1S/C14H20N6O3/c1-10(15)8-16-5-6-23-14-7-12(20(21)22)3-4-13(14)19-9-17-11(2)18-19/h3-4,7,9-10,16H,5-6,8,15H2,1-2H3. The molecule has 3 N–H and O–H groups in total. The lowest BCUT2D eigenvalue weighted by atomic mass is 10.2. The van der Waals surface area contributed by atoms with Crippen molar-refractivity contribution in [1.29, 1.82) is 0 Å². The number of rotatable bonds is 8. The highest BCUT2D eigenvalue weighted by molar-refractivity contribution is 5.52. The minimum absolute atomic E-state index is 0.0378. The molecule has 1 unspecified atom stereocenters. The van der Waals surface area contributed by atoms with E-state index in [0.717, 1.165) is 0 Å². The Morgan fingerprint density at radius 3 is 2.91 bits per heavy atom. The molecular formula is C14H20N6O3. The van der Waals surface area contributed by atoms with Gasteiger partial charge in [-0.15, -0.1) is 0 Å². The summed E-state index contributed by atoms with van der Waals surface area (Å²) in [6.45, 7) is 5.28. The van der Waals surface area contributed by atoms with Crippen LogP contribution < -0.4 is 15.8 Å². The molecule has 0 bridgehead atoms. The van der Waals surface area contributed by atoms with Crippen LogP contribution in [-0.4, -0.2) is 45.4 Å². The Balaban J connectivity index is 2.13. The molecule has 9 nitrogen and oxygen atoms in total. The quantitative estimate of drug-likeness (QED) is 0.419. The summed E-state index contributed by atoms with van der Waals surface area (Å²) in [5.74, 6) is 0.986. The van der Waals surface area contributed by atoms with Gasteiger partial charge in [0, 0.05) is 25.2 Å². The van der Waals surface area contributed by atoms with E-state index in [1.165, 1.54) is 23.1 Å². The van der Waals surface area contributed by atoms with Crippen molar-refractivity contribution in [3.63, 3.8) is 0 Å². The van der Waals surface area contributed by atoms with Crippen LogP contribution in [0.2, 0.25) is 0 Å². The molecule has 0 aliphatic carbocycles. The maximum absolute atomic E-state index is 10.9. The fourth-order valence-corrected chi connectivity index (χ4v) is 1.95. The number of nitro groups is 1. The van der Waals surface area contributed by atoms with Gasteiger partial charge in [-0.2, -0.15) is 5.10 Å². The number of hydrogen-bond donors (Lipinski definition) is 2. The molecule has 0 amide bonds. The molecule has 0 aliphatic heterocycles. The number of nitrogens with zero attached hydrogens (tertiary/aromatic N) is 4. The first-order valence-electron chi connectivity index (χ1n) is 7.23. The molecule has 9 heteroatoms. The van der Waals surface area contributed by atoms with E-state index in [9.17, 15) is 10.1 Å². The lowest BCUT2D eigenvalue weighted by Gasteiger charge is -2.12. The maximum atomic E-state index is 10.9. The molecule has 0 saturated heterocycles. The minimum Gasteiger partial charge on any atom is -0.490 e. The van der Waals surface area contributed by atoms with Crippen molar-refractivity contribution in [1.82, 2.24) is 20.1 Å². The number of nitro benzene ring substituents is 1. The maximum Gasteiger partial charge on any atom is 0.273 e. The van der Waals surface area contributed by atoms with Crippen LogP contribution in [0.1, 0.15) is 12.7 Å². The molecule has 0 aliphatic rings. The smallest absolute Gasteiger partial charge is 0.273 e. The minimum atomic E-state index is -0.461. The van der Waals surface area contributed by atoms with Crippen LogP contribution in [0.25, 0.3) is 5.69 Å². The Hall–Kier alpha value is -2.52. The topological polar surface area (TPSA) is 121 Å². The largest absolute Gasteiger partial charge is 0.490 e. The van der Waals surface area contributed by atoms with Crippen molar-refractivity contribution in [2.24, 2.45) is 5.73 Å². The van der Waals surface area contributed by atoms with Crippen molar-refractivity contribution in [2.75, 3.05) is 19.7 Å². The predicted molar refractivity (Wildman–Crippen MR) is 84.8 cm³/mol. The average Bonchev–Trinajstić information content (AvgIpc) is 2.92. The Morgan fingerprint density at radius 1 is 1.52 bits per heavy atom. The Kier molecular flexibility index (Phi) is 5.61. The first-order chi connectivity index (χ1) is 11.0. The van der Waals surface area contributed by atoms with Crippen LogP contribution in [0.15, 0.2) is 24.5 Å². The Bertz CT molecular complexity index is 670. The number of aryl methyl sites for hydroxylation is 1. The van der Waals surface area contributed by atoms with Crippen molar-refractivity contribution in [3.8, 4) is 11.4 Å². The SMILES string of the molecule is Cc1ncn(-c2ccc([N+](=O)[O-])cc2OCCNCC(C)N)n1. The summed E-state index contributed by atoms with van der Waals surface area (Å²) < 4.78 is 7.21. The summed E-state index contributed by atoms with van der Waals surface area (Å²) in [5, 5.41) is 18.3. The van der Waals surface area contributed by atoms with Crippen molar-refractivity contribution in [2.45, 2.75) is 19.9 Å². The van der Waals surface area contributed by atoms with E-state index >= 15 is 0 Å². The summed E-state index contributed by atoms with van der Waals surface area (Å²) in [6, 6.07) is 4.45. The van der Waals surface area contributed by atoms with Crippen molar-refractivity contribution < 1.29 is 9.66 Å². The Labute approximate surface area is 133 Å². The van der Waals surface area contributed by atoms with Gasteiger partial charge >= 0.3 is 0 Å². The molecule has 0 fully saturated rings. The number of nitrogens with one attached hydrogen (secondary N) is 1. The molecule has 124 valence electrons. The number of ether oxygens (including phenoxy) is 1. The van der Waals surface area contributed by atoms with Gasteiger partial charge in [0.1, 0.15) is 24.4 Å². The highest BCUT2D eigenvalue weighted by Gasteiger charge is 2.14. The van der Waals surface area contributed by atoms with E-state index in [0.29, 0.717) is 37.0 Å². The highest BCUT2D eigenvalue weighted by Crippen LogP contribution is 2.27. The molecule has 2 aromatic rings. The van der Waals surface area contributed by atoms with Crippen LogP contribution in [0.4, 0.5) is 5.69 Å². The van der Waals surface area contributed by atoms with E-state index < -0.39 is 4.92 Å². The highest BCUT2D eigenvalue weighted by atomic mass is 16.6. The van der Waals surface area contributed by atoms with Gasteiger partial charge in [-0.05, 0) is 19.9 Å². The fraction of sp³-hybridized carbons (Fsp3) is 0.429. The average molecular weight is 320 g/mol. The van der Waals surface area contributed by atoms with Crippen LogP contribution in [0.5, 0.6) is 5.75 Å². The van der Waals surface area contributed by atoms with Gasteiger partial charge in [-0.1, -0.05) is 0 Å². The van der Waals surface area contributed by atoms with Crippen LogP contribution in [0.3, 0.4) is 0 Å². The van der Waals surface area contributed by atoms with Crippen LogP contribution >= 0.6 is 0 Å². The number of benzene rings is 1. The molecule has 23 heavy (non-hydrogen) atoms. The number of non-ortho nitro benzene ring substituents is 1. The summed E-state index contributed by atoms with van der Waals surface area (Å²) in [7, 11) is 0. The zero-order valence-electron chi connectivity index (χ0n) is 13.1. The van der Waals surface area contributed by atoms with Gasteiger partial charge in [0.05, 0.1) is 11.0 Å². The second-order valence-corrected chi connectivity index (χ2v) is 5.18. The number of nitrogens with two attached hydrogens (primary N) is 1.